The number of hydrogen-bond donors (Lipinski definition) is 1. The van der Waals surface area contributed by atoms with Crippen molar-refractivity contribution in [2.75, 3.05) is 7.11 Å². The van der Waals surface area contributed by atoms with E-state index in [0.717, 1.165) is 16.7 Å². The average molecular weight is 287 g/mol. The van der Waals surface area contributed by atoms with Gasteiger partial charge >= 0.3 is 6.18 Å². The second kappa shape index (κ2) is 5.64. The van der Waals surface area contributed by atoms with Crippen LogP contribution in [0.3, 0.4) is 0 Å². The summed E-state index contributed by atoms with van der Waals surface area (Å²) in [6.45, 7) is 3.87. The van der Waals surface area contributed by atoms with Crippen LogP contribution in [0.1, 0.15) is 42.0 Å². The molecule has 112 valence electrons. The van der Waals surface area contributed by atoms with Gasteiger partial charge in [-0.2, -0.15) is 13.2 Å². The summed E-state index contributed by atoms with van der Waals surface area (Å²) in [5.74, 6) is 0.669. The number of piperidine rings is 1. The molecule has 1 aromatic carbocycles. The minimum atomic E-state index is -4.19. The SMILES string of the molecule is COc1cc(C)cc(C)c1C1CCCC(C(F)(F)F)N1. The van der Waals surface area contributed by atoms with E-state index in [1.807, 2.05) is 26.0 Å². The van der Waals surface area contributed by atoms with Crippen LogP contribution in [-0.4, -0.2) is 19.3 Å². The van der Waals surface area contributed by atoms with Crippen molar-refractivity contribution in [3.8, 4) is 5.75 Å². The molecule has 1 N–H and O–H groups in total. The van der Waals surface area contributed by atoms with E-state index in [-0.39, 0.29) is 12.5 Å². The molecular weight excluding hydrogens is 267 g/mol. The molecule has 0 amide bonds. The highest BCUT2D eigenvalue weighted by atomic mass is 19.4. The molecule has 1 aliphatic rings. The van der Waals surface area contributed by atoms with Crippen molar-refractivity contribution in [1.82, 2.24) is 5.32 Å². The van der Waals surface area contributed by atoms with Crippen molar-refractivity contribution in [3.05, 3.63) is 28.8 Å². The molecule has 2 atom stereocenters. The first kappa shape index (κ1) is 15.2. The molecule has 0 bridgehead atoms. The zero-order chi connectivity index (χ0) is 14.9. The van der Waals surface area contributed by atoms with E-state index in [1.165, 1.54) is 0 Å². The normalized spacial score (nSPS) is 23.7. The van der Waals surface area contributed by atoms with Gasteiger partial charge in [-0.1, -0.05) is 6.07 Å². The third-order valence-electron chi connectivity index (χ3n) is 3.84. The lowest BCUT2D eigenvalue weighted by Crippen LogP contribution is -2.46. The van der Waals surface area contributed by atoms with E-state index in [1.54, 1.807) is 7.11 Å². The van der Waals surface area contributed by atoms with Gasteiger partial charge in [0.25, 0.3) is 0 Å². The van der Waals surface area contributed by atoms with Crippen molar-refractivity contribution in [2.24, 2.45) is 0 Å². The molecule has 20 heavy (non-hydrogen) atoms. The fraction of sp³-hybridized carbons (Fsp3) is 0.600. The predicted octanol–water partition coefficient (Wildman–Crippen LogP) is 4.06. The number of ether oxygens (including phenoxy) is 1. The van der Waals surface area contributed by atoms with Gasteiger partial charge in [0.05, 0.1) is 7.11 Å². The number of hydrogen-bond acceptors (Lipinski definition) is 2. The van der Waals surface area contributed by atoms with Crippen LogP contribution in [0.5, 0.6) is 5.75 Å². The molecule has 0 saturated carbocycles. The second-order valence-corrected chi connectivity index (χ2v) is 5.44. The molecule has 5 heteroatoms. The monoisotopic (exact) mass is 287 g/mol. The van der Waals surface area contributed by atoms with Crippen LogP contribution in [0.15, 0.2) is 12.1 Å². The maximum absolute atomic E-state index is 12.9. The number of benzene rings is 1. The van der Waals surface area contributed by atoms with E-state index in [4.69, 9.17) is 4.74 Å². The smallest absolute Gasteiger partial charge is 0.403 e. The lowest BCUT2D eigenvalue weighted by Gasteiger charge is -2.34. The van der Waals surface area contributed by atoms with E-state index in [2.05, 4.69) is 5.32 Å². The fourth-order valence-electron chi connectivity index (χ4n) is 2.98. The minimum absolute atomic E-state index is 0.146. The molecule has 1 heterocycles. The molecule has 1 aliphatic heterocycles. The van der Waals surface area contributed by atoms with Crippen LogP contribution in [0.25, 0.3) is 0 Å². The van der Waals surface area contributed by atoms with Gasteiger partial charge in [0.2, 0.25) is 0 Å². The number of halogens is 3. The summed E-state index contributed by atoms with van der Waals surface area (Å²) >= 11 is 0. The summed E-state index contributed by atoms with van der Waals surface area (Å²) in [6, 6.07) is 2.13. The Bertz CT molecular complexity index is 485. The third kappa shape index (κ3) is 3.08. The molecular formula is C15H20F3NO. The highest BCUT2D eigenvalue weighted by Gasteiger charge is 2.42. The topological polar surface area (TPSA) is 21.3 Å². The Morgan fingerprint density at radius 2 is 1.90 bits per heavy atom. The first-order valence-electron chi connectivity index (χ1n) is 6.81. The van der Waals surface area contributed by atoms with Crippen LogP contribution in [0, 0.1) is 13.8 Å². The quantitative estimate of drug-likeness (QED) is 0.885. The zero-order valence-electron chi connectivity index (χ0n) is 12.0. The van der Waals surface area contributed by atoms with E-state index >= 15 is 0 Å². The summed E-state index contributed by atoms with van der Waals surface area (Å²) < 4.78 is 44.0. The van der Waals surface area contributed by atoms with Crippen LogP contribution < -0.4 is 10.1 Å². The molecule has 0 aliphatic carbocycles. The molecule has 0 aromatic heterocycles. The maximum atomic E-state index is 12.9. The summed E-state index contributed by atoms with van der Waals surface area (Å²) in [5, 5.41) is 2.74. The van der Waals surface area contributed by atoms with Gasteiger partial charge in [0.15, 0.2) is 0 Å². The van der Waals surface area contributed by atoms with Gasteiger partial charge < -0.3 is 4.74 Å². The van der Waals surface area contributed by atoms with Gasteiger partial charge in [-0.15, -0.1) is 0 Å². The molecule has 2 unspecified atom stereocenters. The Morgan fingerprint density at radius 3 is 2.50 bits per heavy atom. The van der Waals surface area contributed by atoms with Crippen LogP contribution in [-0.2, 0) is 0 Å². The first-order valence-corrected chi connectivity index (χ1v) is 6.81. The van der Waals surface area contributed by atoms with E-state index < -0.39 is 12.2 Å². The molecule has 2 rings (SSSR count). The Morgan fingerprint density at radius 1 is 1.20 bits per heavy atom. The number of rotatable bonds is 2. The fourth-order valence-corrected chi connectivity index (χ4v) is 2.98. The van der Waals surface area contributed by atoms with Crippen molar-refractivity contribution in [3.63, 3.8) is 0 Å². The summed E-state index contributed by atoms with van der Waals surface area (Å²) in [6.07, 6.45) is -2.77. The number of aryl methyl sites for hydroxylation is 2. The molecule has 2 nitrogen and oxygen atoms in total. The summed E-state index contributed by atoms with van der Waals surface area (Å²) in [4.78, 5) is 0. The Kier molecular flexibility index (Phi) is 4.28. The molecule has 1 saturated heterocycles. The van der Waals surface area contributed by atoms with Gasteiger partial charge in [-0.25, -0.2) is 0 Å². The molecule has 1 fully saturated rings. The largest absolute Gasteiger partial charge is 0.496 e. The van der Waals surface area contributed by atoms with Crippen LogP contribution in [0.4, 0.5) is 13.2 Å². The average Bonchev–Trinajstić information content (AvgIpc) is 2.36. The number of alkyl halides is 3. The Balaban J connectivity index is 2.32. The van der Waals surface area contributed by atoms with Crippen LogP contribution >= 0.6 is 0 Å². The third-order valence-corrected chi connectivity index (χ3v) is 3.84. The molecule has 1 aromatic rings. The van der Waals surface area contributed by atoms with Crippen LogP contribution in [0.2, 0.25) is 0 Å². The van der Waals surface area contributed by atoms with Gasteiger partial charge in [-0.05, 0) is 50.3 Å². The molecule has 0 radical (unpaired) electrons. The lowest BCUT2D eigenvalue weighted by molar-refractivity contribution is -0.163. The second-order valence-electron chi connectivity index (χ2n) is 5.44. The Hall–Kier alpha value is -1.23. The predicted molar refractivity (Wildman–Crippen MR) is 72.0 cm³/mol. The Labute approximate surface area is 117 Å². The first-order chi connectivity index (χ1) is 9.32. The van der Waals surface area contributed by atoms with E-state index in [0.29, 0.717) is 18.6 Å². The summed E-state index contributed by atoms with van der Waals surface area (Å²) in [7, 11) is 1.56. The van der Waals surface area contributed by atoms with Crippen molar-refractivity contribution < 1.29 is 17.9 Å². The van der Waals surface area contributed by atoms with Gasteiger partial charge in [0, 0.05) is 11.6 Å². The van der Waals surface area contributed by atoms with Crippen molar-refractivity contribution in [1.29, 1.82) is 0 Å². The van der Waals surface area contributed by atoms with Gasteiger partial charge in [0.1, 0.15) is 11.8 Å². The summed E-state index contributed by atoms with van der Waals surface area (Å²) in [5.41, 5.74) is 2.88. The lowest BCUT2D eigenvalue weighted by atomic mass is 9.89. The van der Waals surface area contributed by atoms with Gasteiger partial charge in [-0.3, -0.25) is 5.32 Å². The minimum Gasteiger partial charge on any atom is -0.496 e. The highest BCUT2D eigenvalue weighted by molar-refractivity contribution is 5.45. The van der Waals surface area contributed by atoms with Crippen molar-refractivity contribution in [2.45, 2.75) is 51.4 Å². The van der Waals surface area contributed by atoms with E-state index in [9.17, 15) is 13.2 Å². The number of methoxy groups -OCH3 is 1. The number of nitrogens with one attached hydrogen (secondary N) is 1. The van der Waals surface area contributed by atoms with Crippen molar-refractivity contribution >= 4 is 0 Å². The zero-order valence-corrected chi connectivity index (χ0v) is 12.0. The molecule has 0 spiro atoms. The maximum Gasteiger partial charge on any atom is 0.403 e. The highest BCUT2D eigenvalue weighted by Crippen LogP contribution is 2.38. The standard InChI is InChI=1S/C15H20F3NO/c1-9-7-10(2)14(12(8-9)20-3)11-5-4-6-13(19-11)15(16,17)18/h7-8,11,13,19H,4-6H2,1-3H3.